The Hall–Kier alpha value is -1.09. The number of halogens is 1. The Morgan fingerprint density at radius 1 is 1.06 bits per heavy atom. The molecule has 0 aliphatic heterocycles. The van der Waals surface area contributed by atoms with Crippen LogP contribution in [0, 0.1) is 3.57 Å². The summed E-state index contributed by atoms with van der Waals surface area (Å²) in [6.45, 7) is 0. The third-order valence-corrected chi connectivity index (χ3v) is 4.35. The van der Waals surface area contributed by atoms with Gasteiger partial charge >= 0.3 is 0 Å². The highest BCUT2D eigenvalue weighted by Crippen LogP contribution is 2.46. The molecule has 4 rings (SSSR count). The second-order valence-corrected chi connectivity index (χ2v) is 5.94. The van der Waals surface area contributed by atoms with Crippen LogP contribution >= 0.6 is 22.6 Å². The molecule has 1 heteroatoms. The molecule has 0 radical (unpaired) electrons. The molecular weight excluding hydrogens is 319 g/mol. The molecule has 0 atom stereocenters. The molecule has 0 amide bonds. The Morgan fingerprint density at radius 2 is 2.00 bits per heavy atom. The number of hydrogen-bond donors (Lipinski definition) is 0. The van der Waals surface area contributed by atoms with Crippen LogP contribution in [0.25, 0.3) is 21.9 Å². The average Bonchev–Trinajstić information content (AvgIpc) is 2.67. The van der Waals surface area contributed by atoms with E-state index < -0.39 is 0 Å². The topological polar surface area (TPSA) is 0 Å². The second kappa shape index (κ2) is 3.45. The highest BCUT2D eigenvalue weighted by atomic mass is 127. The molecule has 2 aromatic carbocycles. The van der Waals surface area contributed by atoms with Crippen molar-refractivity contribution in [2.75, 3.05) is 0 Å². The van der Waals surface area contributed by atoms with Crippen LogP contribution in [0.5, 0.6) is 0 Å². The van der Waals surface area contributed by atoms with Gasteiger partial charge in [0.2, 0.25) is 0 Å². The molecule has 0 aromatic heterocycles. The summed E-state index contributed by atoms with van der Waals surface area (Å²) < 4.78 is 1.33. The summed E-state index contributed by atoms with van der Waals surface area (Å²) in [4.78, 5) is 0. The van der Waals surface area contributed by atoms with Crippen molar-refractivity contribution in [2.24, 2.45) is 0 Å². The molecule has 17 heavy (non-hydrogen) atoms. The fourth-order valence-electron chi connectivity index (χ4n) is 3.05. The van der Waals surface area contributed by atoms with E-state index in [2.05, 4.69) is 65.1 Å². The van der Waals surface area contributed by atoms with Crippen LogP contribution in [-0.2, 0) is 0 Å². The van der Waals surface area contributed by atoms with Crippen LogP contribution in [0.2, 0.25) is 0 Å². The summed E-state index contributed by atoms with van der Waals surface area (Å²) in [6, 6.07) is 11.3. The first kappa shape index (κ1) is 9.89. The van der Waals surface area contributed by atoms with Crippen LogP contribution in [0.1, 0.15) is 24.0 Å². The van der Waals surface area contributed by atoms with E-state index in [1.165, 1.54) is 43.9 Å². The molecule has 0 N–H and O–H groups in total. The SMILES string of the molecule is Ic1cc2c3c(cccc3c1)C1=C2C=CCC1. The molecule has 0 fully saturated rings. The third-order valence-electron chi connectivity index (χ3n) is 3.73. The first-order chi connectivity index (χ1) is 8.34. The summed E-state index contributed by atoms with van der Waals surface area (Å²) in [5.41, 5.74) is 5.91. The van der Waals surface area contributed by atoms with Crippen molar-refractivity contribution < 1.29 is 0 Å². The minimum absolute atomic E-state index is 1.18. The zero-order chi connectivity index (χ0) is 11.4. The van der Waals surface area contributed by atoms with Gasteiger partial charge in [0, 0.05) is 3.57 Å². The van der Waals surface area contributed by atoms with Crippen LogP contribution in [-0.4, -0.2) is 0 Å². The molecule has 0 saturated heterocycles. The van der Waals surface area contributed by atoms with Crippen molar-refractivity contribution in [3.05, 3.63) is 57.2 Å². The van der Waals surface area contributed by atoms with E-state index in [0.29, 0.717) is 0 Å². The van der Waals surface area contributed by atoms with Gasteiger partial charge in [-0.05, 0) is 80.6 Å². The quantitative estimate of drug-likeness (QED) is 0.595. The average molecular weight is 330 g/mol. The highest BCUT2D eigenvalue weighted by molar-refractivity contribution is 14.1. The summed E-state index contributed by atoms with van der Waals surface area (Å²) >= 11 is 2.42. The Morgan fingerprint density at radius 3 is 2.94 bits per heavy atom. The minimum Gasteiger partial charge on any atom is -0.0836 e. The first-order valence-electron chi connectivity index (χ1n) is 5.97. The largest absolute Gasteiger partial charge is 0.0836 e. The van der Waals surface area contributed by atoms with Gasteiger partial charge < -0.3 is 0 Å². The molecule has 82 valence electrons. The summed E-state index contributed by atoms with van der Waals surface area (Å²) in [7, 11) is 0. The molecule has 2 aliphatic carbocycles. The van der Waals surface area contributed by atoms with Gasteiger partial charge in [0.05, 0.1) is 0 Å². The van der Waals surface area contributed by atoms with Gasteiger partial charge in [-0.1, -0.05) is 30.4 Å². The van der Waals surface area contributed by atoms with Gasteiger partial charge in [0.1, 0.15) is 0 Å². The van der Waals surface area contributed by atoms with Gasteiger partial charge in [0.25, 0.3) is 0 Å². The number of allylic oxidation sites excluding steroid dienone is 4. The molecular formula is C16H11I. The third kappa shape index (κ3) is 1.29. The Kier molecular flexibility index (Phi) is 2.01. The number of fused-ring (bicyclic) bond motifs is 2. The van der Waals surface area contributed by atoms with E-state index in [1.807, 2.05) is 0 Å². The number of benzene rings is 2. The van der Waals surface area contributed by atoms with Crippen molar-refractivity contribution in [2.45, 2.75) is 12.8 Å². The zero-order valence-electron chi connectivity index (χ0n) is 9.33. The molecule has 2 aromatic rings. The van der Waals surface area contributed by atoms with Gasteiger partial charge in [-0.2, -0.15) is 0 Å². The van der Waals surface area contributed by atoms with Crippen LogP contribution in [0.4, 0.5) is 0 Å². The lowest BCUT2D eigenvalue weighted by Gasteiger charge is -2.09. The van der Waals surface area contributed by atoms with Crippen LogP contribution in [0.3, 0.4) is 0 Å². The fraction of sp³-hybridized carbons (Fsp3) is 0.125. The maximum Gasteiger partial charge on any atom is 0.0142 e. The smallest absolute Gasteiger partial charge is 0.0142 e. The van der Waals surface area contributed by atoms with Gasteiger partial charge in [-0.15, -0.1) is 0 Å². The maximum atomic E-state index is 2.42. The summed E-state index contributed by atoms with van der Waals surface area (Å²) in [5.74, 6) is 0. The van der Waals surface area contributed by atoms with Crippen molar-refractivity contribution in [3.8, 4) is 0 Å². The fourth-order valence-corrected chi connectivity index (χ4v) is 3.70. The second-order valence-electron chi connectivity index (χ2n) is 4.69. The van der Waals surface area contributed by atoms with Crippen molar-refractivity contribution in [1.82, 2.24) is 0 Å². The van der Waals surface area contributed by atoms with Gasteiger partial charge in [-0.3, -0.25) is 0 Å². The first-order valence-corrected chi connectivity index (χ1v) is 7.05. The molecule has 0 spiro atoms. The number of rotatable bonds is 0. The Balaban J connectivity index is 2.20. The van der Waals surface area contributed by atoms with E-state index in [1.54, 1.807) is 5.57 Å². The van der Waals surface area contributed by atoms with E-state index in [-0.39, 0.29) is 0 Å². The van der Waals surface area contributed by atoms with Crippen molar-refractivity contribution in [1.29, 1.82) is 0 Å². The minimum atomic E-state index is 1.18. The predicted octanol–water partition coefficient (Wildman–Crippen LogP) is 5.02. The standard InChI is InChI=1S/C16H11I/c17-11-8-10-4-3-7-14-12-5-1-2-6-13(12)15(9-11)16(10)14/h2-4,6-9H,1,5H2. The van der Waals surface area contributed by atoms with Crippen LogP contribution in [0.15, 0.2) is 42.5 Å². The van der Waals surface area contributed by atoms with E-state index >= 15 is 0 Å². The molecule has 0 bridgehead atoms. The molecule has 0 unspecified atom stereocenters. The molecule has 0 heterocycles. The van der Waals surface area contributed by atoms with Crippen molar-refractivity contribution in [3.63, 3.8) is 0 Å². The summed E-state index contributed by atoms with van der Waals surface area (Å²) in [6.07, 6.45) is 6.98. The van der Waals surface area contributed by atoms with E-state index in [4.69, 9.17) is 0 Å². The van der Waals surface area contributed by atoms with E-state index in [9.17, 15) is 0 Å². The van der Waals surface area contributed by atoms with Crippen molar-refractivity contribution >= 4 is 44.5 Å². The normalized spacial score (nSPS) is 16.8. The van der Waals surface area contributed by atoms with Crippen LogP contribution < -0.4 is 0 Å². The molecule has 0 nitrogen and oxygen atoms in total. The lowest BCUT2D eigenvalue weighted by Crippen LogP contribution is -1.87. The predicted molar refractivity (Wildman–Crippen MR) is 81.9 cm³/mol. The Bertz CT molecular complexity index is 705. The van der Waals surface area contributed by atoms with E-state index in [0.717, 1.165) is 0 Å². The molecule has 2 aliphatic rings. The summed E-state index contributed by atoms with van der Waals surface area (Å²) in [5, 5.41) is 2.84. The van der Waals surface area contributed by atoms with Gasteiger partial charge in [0.15, 0.2) is 0 Å². The number of hydrogen-bond acceptors (Lipinski definition) is 0. The Labute approximate surface area is 114 Å². The lowest BCUT2D eigenvalue weighted by molar-refractivity contribution is 1.06. The zero-order valence-corrected chi connectivity index (χ0v) is 11.5. The maximum absolute atomic E-state index is 2.42. The monoisotopic (exact) mass is 330 g/mol. The van der Waals surface area contributed by atoms with Gasteiger partial charge in [-0.25, -0.2) is 0 Å². The molecule has 0 saturated carbocycles. The highest BCUT2D eigenvalue weighted by Gasteiger charge is 2.23. The lowest BCUT2D eigenvalue weighted by atomic mass is 9.95.